The lowest BCUT2D eigenvalue weighted by Crippen LogP contribution is -2.53. The number of amides is 1. The second-order valence-electron chi connectivity index (χ2n) is 4.97. The van der Waals surface area contributed by atoms with Gasteiger partial charge in [-0.3, -0.25) is 4.79 Å². The summed E-state index contributed by atoms with van der Waals surface area (Å²) in [6, 6.07) is 6.48. The van der Waals surface area contributed by atoms with E-state index < -0.39 is 11.5 Å². The molecule has 1 rings (SSSR count). The molecule has 110 valence electrons. The number of rotatable bonds is 6. The lowest BCUT2D eigenvalue weighted by molar-refractivity contribution is -0.150. The number of phenols is 1. The number of phenolic OH excluding ortho intramolecular Hbond substituents is 1. The number of methoxy groups -OCH3 is 1. The van der Waals surface area contributed by atoms with E-state index in [1.54, 1.807) is 19.1 Å². The van der Waals surface area contributed by atoms with Crippen LogP contribution in [0.2, 0.25) is 0 Å². The maximum atomic E-state index is 12.0. The maximum absolute atomic E-state index is 12.0. The first kappa shape index (κ1) is 16.0. The van der Waals surface area contributed by atoms with Gasteiger partial charge in [-0.05, 0) is 31.0 Å². The van der Waals surface area contributed by atoms with Crippen LogP contribution in [-0.2, 0) is 20.7 Å². The number of carbonyl (C=O) groups is 2. The first-order valence-corrected chi connectivity index (χ1v) is 6.58. The smallest absolute Gasteiger partial charge is 0.331 e. The minimum Gasteiger partial charge on any atom is -0.508 e. The molecule has 1 unspecified atom stereocenters. The molecule has 20 heavy (non-hydrogen) atoms. The molecule has 1 aromatic rings. The summed E-state index contributed by atoms with van der Waals surface area (Å²) in [6.07, 6.45) is 1.36. The second kappa shape index (κ2) is 6.93. The Kier molecular flexibility index (Phi) is 5.55. The highest BCUT2D eigenvalue weighted by Gasteiger charge is 2.34. The molecule has 0 saturated carbocycles. The van der Waals surface area contributed by atoms with Gasteiger partial charge in [0.15, 0.2) is 0 Å². The molecule has 2 N–H and O–H groups in total. The van der Waals surface area contributed by atoms with E-state index in [2.05, 4.69) is 5.32 Å². The Morgan fingerprint density at radius 1 is 1.40 bits per heavy atom. The number of nitrogens with one attached hydrogen (secondary N) is 1. The molecule has 1 aromatic carbocycles. The second-order valence-corrected chi connectivity index (χ2v) is 4.97. The fourth-order valence-electron chi connectivity index (χ4n) is 2.14. The van der Waals surface area contributed by atoms with E-state index >= 15 is 0 Å². The van der Waals surface area contributed by atoms with Gasteiger partial charge in [0.1, 0.15) is 11.3 Å². The molecule has 0 fully saturated rings. The summed E-state index contributed by atoms with van der Waals surface area (Å²) in [5.41, 5.74) is -0.330. The van der Waals surface area contributed by atoms with Crippen molar-refractivity contribution in [2.75, 3.05) is 7.11 Å². The topological polar surface area (TPSA) is 75.6 Å². The van der Waals surface area contributed by atoms with E-state index in [4.69, 9.17) is 4.74 Å². The standard InChI is InChI=1S/C15H21NO4/c1-4-8-15(2,14(19)20-3)16-13(18)10-11-6-5-7-12(17)9-11/h5-7,9,17H,4,8,10H2,1-3H3,(H,16,18). The molecule has 0 aliphatic rings. The lowest BCUT2D eigenvalue weighted by Gasteiger charge is -2.27. The number of ether oxygens (including phenoxy) is 1. The van der Waals surface area contributed by atoms with Crippen molar-refractivity contribution in [3.8, 4) is 5.75 Å². The van der Waals surface area contributed by atoms with Crippen LogP contribution < -0.4 is 5.32 Å². The van der Waals surface area contributed by atoms with Gasteiger partial charge in [-0.2, -0.15) is 0 Å². The van der Waals surface area contributed by atoms with Crippen LogP contribution in [0.3, 0.4) is 0 Å². The lowest BCUT2D eigenvalue weighted by atomic mass is 9.95. The number of hydrogen-bond acceptors (Lipinski definition) is 4. The van der Waals surface area contributed by atoms with Gasteiger partial charge in [0.2, 0.25) is 5.91 Å². The van der Waals surface area contributed by atoms with Gasteiger partial charge in [-0.25, -0.2) is 4.79 Å². The van der Waals surface area contributed by atoms with Crippen molar-refractivity contribution in [1.29, 1.82) is 0 Å². The van der Waals surface area contributed by atoms with Crippen LogP contribution in [-0.4, -0.2) is 29.6 Å². The Labute approximate surface area is 118 Å². The predicted octanol–water partition coefficient (Wildman–Crippen LogP) is 1.78. The molecule has 0 aliphatic carbocycles. The number of aromatic hydroxyl groups is 1. The van der Waals surface area contributed by atoms with Crippen LogP contribution in [0.4, 0.5) is 0 Å². The predicted molar refractivity (Wildman–Crippen MR) is 75.3 cm³/mol. The number of benzene rings is 1. The van der Waals surface area contributed by atoms with Gasteiger partial charge < -0.3 is 15.2 Å². The van der Waals surface area contributed by atoms with Crippen molar-refractivity contribution in [1.82, 2.24) is 5.32 Å². The molecule has 0 heterocycles. The minimum absolute atomic E-state index is 0.102. The highest BCUT2D eigenvalue weighted by molar-refractivity contribution is 5.88. The quantitative estimate of drug-likeness (QED) is 0.778. The van der Waals surface area contributed by atoms with Gasteiger partial charge >= 0.3 is 5.97 Å². The molecule has 0 saturated heterocycles. The number of esters is 1. The van der Waals surface area contributed by atoms with Crippen LogP contribution >= 0.6 is 0 Å². The fraction of sp³-hybridized carbons (Fsp3) is 0.467. The normalized spacial score (nSPS) is 13.3. The summed E-state index contributed by atoms with van der Waals surface area (Å²) in [7, 11) is 1.30. The average Bonchev–Trinajstić information content (AvgIpc) is 2.37. The molecule has 0 aromatic heterocycles. The minimum atomic E-state index is -1.02. The van der Waals surface area contributed by atoms with E-state index in [1.165, 1.54) is 19.2 Å². The fourth-order valence-corrected chi connectivity index (χ4v) is 2.14. The summed E-state index contributed by atoms with van der Waals surface area (Å²) in [5, 5.41) is 12.1. The molecule has 0 radical (unpaired) electrons. The van der Waals surface area contributed by atoms with Gasteiger partial charge in [0.05, 0.1) is 13.5 Å². The van der Waals surface area contributed by atoms with E-state index in [0.29, 0.717) is 12.0 Å². The third kappa shape index (κ3) is 4.26. The van der Waals surface area contributed by atoms with Crippen LogP contribution in [0.5, 0.6) is 5.75 Å². The third-order valence-electron chi connectivity index (χ3n) is 3.08. The van der Waals surface area contributed by atoms with Crippen molar-refractivity contribution >= 4 is 11.9 Å². The van der Waals surface area contributed by atoms with Crippen LogP contribution in [0.25, 0.3) is 0 Å². The Hall–Kier alpha value is -2.04. The Bertz CT molecular complexity index is 487. The van der Waals surface area contributed by atoms with Crippen LogP contribution in [0, 0.1) is 0 Å². The van der Waals surface area contributed by atoms with Crippen molar-refractivity contribution in [2.24, 2.45) is 0 Å². The molecular weight excluding hydrogens is 258 g/mol. The molecule has 5 heteroatoms. The molecule has 1 amide bonds. The van der Waals surface area contributed by atoms with Crippen molar-refractivity contribution in [3.63, 3.8) is 0 Å². The third-order valence-corrected chi connectivity index (χ3v) is 3.08. The van der Waals surface area contributed by atoms with Gasteiger partial charge in [-0.1, -0.05) is 25.5 Å². The Balaban J connectivity index is 2.74. The molecule has 0 spiro atoms. The SMILES string of the molecule is CCCC(C)(NC(=O)Cc1cccc(O)c1)C(=O)OC. The van der Waals surface area contributed by atoms with E-state index in [0.717, 1.165) is 6.42 Å². The molecular formula is C15H21NO4. The first-order valence-electron chi connectivity index (χ1n) is 6.58. The largest absolute Gasteiger partial charge is 0.508 e. The monoisotopic (exact) mass is 279 g/mol. The van der Waals surface area contributed by atoms with E-state index in [-0.39, 0.29) is 18.1 Å². The van der Waals surface area contributed by atoms with E-state index in [9.17, 15) is 14.7 Å². The number of carbonyl (C=O) groups excluding carboxylic acids is 2. The highest BCUT2D eigenvalue weighted by Crippen LogP contribution is 2.16. The van der Waals surface area contributed by atoms with E-state index in [1.807, 2.05) is 6.92 Å². The summed E-state index contributed by atoms with van der Waals surface area (Å²) in [6.45, 7) is 3.59. The van der Waals surface area contributed by atoms with Gasteiger partial charge in [0.25, 0.3) is 0 Å². The maximum Gasteiger partial charge on any atom is 0.331 e. The van der Waals surface area contributed by atoms with Crippen molar-refractivity contribution in [2.45, 2.75) is 38.6 Å². The number of hydrogen-bond donors (Lipinski definition) is 2. The Morgan fingerprint density at radius 3 is 2.65 bits per heavy atom. The summed E-state index contributed by atoms with van der Waals surface area (Å²) in [5.74, 6) is -0.625. The molecule has 0 aliphatic heterocycles. The average molecular weight is 279 g/mol. The zero-order valence-electron chi connectivity index (χ0n) is 12.1. The van der Waals surface area contributed by atoms with Crippen molar-refractivity contribution in [3.05, 3.63) is 29.8 Å². The van der Waals surface area contributed by atoms with Gasteiger partial charge in [-0.15, -0.1) is 0 Å². The Morgan fingerprint density at radius 2 is 2.10 bits per heavy atom. The summed E-state index contributed by atoms with van der Waals surface area (Å²) < 4.78 is 4.74. The summed E-state index contributed by atoms with van der Waals surface area (Å²) >= 11 is 0. The van der Waals surface area contributed by atoms with Crippen molar-refractivity contribution < 1.29 is 19.4 Å². The zero-order chi connectivity index (χ0) is 15.2. The molecule has 5 nitrogen and oxygen atoms in total. The van der Waals surface area contributed by atoms with Crippen LogP contribution in [0.1, 0.15) is 32.3 Å². The van der Waals surface area contributed by atoms with Crippen LogP contribution in [0.15, 0.2) is 24.3 Å². The summed E-state index contributed by atoms with van der Waals surface area (Å²) in [4.78, 5) is 23.8. The molecule has 0 bridgehead atoms. The first-order chi connectivity index (χ1) is 9.41. The van der Waals surface area contributed by atoms with Gasteiger partial charge in [0, 0.05) is 0 Å². The highest BCUT2D eigenvalue weighted by atomic mass is 16.5. The molecule has 1 atom stereocenters. The zero-order valence-corrected chi connectivity index (χ0v) is 12.1.